The van der Waals surface area contributed by atoms with Gasteiger partial charge >= 0.3 is 12.3 Å². The van der Waals surface area contributed by atoms with Crippen LogP contribution >= 0.6 is 0 Å². The van der Waals surface area contributed by atoms with Gasteiger partial charge in [0.25, 0.3) is 0 Å². The van der Waals surface area contributed by atoms with Crippen molar-refractivity contribution in [3.05, 3.63) is 71.7 Å². The van der Waals surface area contributed by atoms with Gasteiger partial charge in [-0.2, -0.15) is 0 Å². The fourth-order valence-electron chi connectivity index (χ4n) is 3.73. The van der Waals surface area contributed by atoms with Gasteiger partial charge in [0.05, 0.1) is 31.0 Å². The minimum absolute atomic E-state index is 0.0516. The second-order valence-electron chi connectivity index (χ2n) is 7.94. The molecule has 2 heterocycles. The fourth-order valence-corrected chi connectivity index (χ4v) is 3.73. The van der Waals surface area contributed by atoms with Crippen LogP contribution in [0.2, 0.25) is 0 Å². The first-order valence-electron chi connectivity index (χ1n) is 11.0. The lowest BCUT2D eigenvalue weighted by atomic mass is 10.1. The van der Waals surface area contributed by atoms with Gasteiger partial charge in [0.15, 0.2) is 0 Å². The topological polar surface area (TPSA) is 70.5 Å². The second-order valence-corrected chi connectivity index (χ2v) is 7.94. The Hall–Kier alpha value is -3.88. The molecule has 0 spiro atoms. The Labute approximate surface area is 200 Å². The number of nitrogens with zero attached hydrogens (tertiary/aromatic N) is 2. The SMILES string of the molecule is CCOC(=O)[C@@H]1CC1c1nc(-c2cncc(/C=C/c3ccc(OC(F)(F)F)cc3)c2)ccc1OC. The van der Waals surface area contributed by atoms with Crippen LogP contribution in [0.1, 0.15) is 36.1 Å². The van der Waals surface area contributed by atoms with Gasteiger partial charge in [-0.05, 0) is 54.8 Å². The molecular formula is C26H23F3N2O4. The van der Waals surface area contributed by atoms with Crippen molar-refractivity contribution in [3.8, 4) is 22.8 Å². The minimum atomic E-state index is -4.72. The first-order chi connectivity index (χ1) is 16.8. The maximum atomic E-state index is 12.3. The van der Waals surface area contributed by atoms with Gasteiger partial charge in [0.1, 0.15) is 11.5 Å². The Morgan fingerprint density at radius 2 is 1.83 bits per heavy atom. The van der Waals surface area contributed by atoms with Crippen molar-refractivity contribution in [2.45, 2.75) is 25.6 Å². The quantitative estimate of drug-likeness (QED) is 0.372. The molecule has 9 heteroatoms. The molecule has 1 aliphatic carbocycles. The largest absolute Gasteiger partial charge is 0.573 e. The number of carbonyl (C=O) groups is 1. The highest BCUT2D eigenvalue weighted by atomic mass is 19.4. The molecule has 6 nitrogen and oxygen atoms in total. The maximum Gasteiger partial charge on any atom is 0.573 e. The highest BCUT2D eigenvalue weighted by Crippen LogP contribution is 2.50. The Morgan fingerprint density at radius 1 is 1.09 bits per heavy atom. The van der Waals surface area contributed by atoms with Gasteiger partial charge in [-0.15, -0.1) is 13.2 Å². The third-order valence-corrected chi connectivity index (χ3v) is 5.47. The lowest BCUT2D eigenvalue weighted by Gasteiger charge is -2.10. The summed E-state index contributed by atoms with van der Waals surface area (Å²) in [7, 11) is 1.57. The summed E-state index contributed by atoms with van der Waals surface area (Å²) in [5, 5.41) is 0. The first-order valence-corrected chi connectivity index (χ1v) is 11.0. The second kappa shape index (κ2) is 10.2. The van der Waals surface area contributed by atoms with Gasteiger partial charge in [-0.25, -0.2) is 4.98 Å². The van der Waals surface area contributed by atoms with Crippen molar-refractivity contribution in [3.63, 3.8) is 0 Å². The van der Waals surface area contributed by atoms with Gasteiger partial charge in [0.2, 0.25) is 0 Å². The van der Waals surface area contributed by atoms with Gasteiger partial charge < -0.3 is 14.2 Å². The van der Waals surface area contributed by atoms with E-state index in [4.69, 9.17) is 14.5 Å². The summed E-state index contributed by atoms with van der Waals surface area (Å²) in [4.78, 5) is 21.1. The zero-order chi connectivity index (χ0) is 25.0. The summed E-state index contributed by atoms with van der Waals surface area (Å²) in [6.07, 6.45) is 2.87. The van der Waals surface area contributed by atoms with Crippen molar-refractivity contribution in [2.75, 3.05) is 13.7 Å². The molecule has 2 atom stereocenters. The minimum Gasteiger partial charge on any atom is -0.495 e. The molecular weight excluding hydrogens is 461 g/mol. The normalized spacial score (nSPS) is 17.3. The third-order valence-electron chi connectivity index (χ3n) is 5.47. The Balaban J connectivity index is 1.51. The number of methoxy groups -OCH3 is 1. The van der Waals surface area contributed by atoms with Crippen LogP contribution in [0.25, 0.3) is 23.4 Å². The standard InChI is InChI=1S/C26H23F3N2O4/c1-3-34-25(32)21-13-20(21)24-23(33-2)11-10-22(31-24)18-12-17(14-30-15-18)5-4-16-6-8-19(9-7-16)35-26(27,28)29/h4-12,14-15,20-21H,3,13H2,1-2H3/b5-4+/t20?,21-/m1/s1. The molecule has 2 aromatic heterocycles. The molecule has 4 rings (SSSR count). The summed E-state index contributed by atoms with van der Waals surface area (Å²) in [6.45, 7) is 2.12. The predicted molar refractivity (Wildman–Crippen MR) is 124 cm³/mol. The van der Waals surface area contributed by atoms with E-state index in [9.17, 15) is 18.0 Å². The number of pyridine rings is 2. The van der Waals surface area contributed by atoms with E-state index in [2.05, 4.69) is 9.72 Å². The molecule has 1 fully saturated rings. The molecule has 0 radical (unpaired) electrons. The molecule has 1 saturated carbocycles. The Kier molecular flexibility index (Phi) is 7.04. The van der Waals surface area contributed by atoms with E-state index < -0.39 is 6.36 Å². The van der Waals surface area contributed by atoms with Crippen molar-refractivity contribution in [1.82, 2.24) is 9.97 Å². The number of alkyl halides is 3. The predicted octanol–water partition coefficient (Wildman–Crippen LogP) is 5.89. The van der Waals surface area contributed by atoms with Gasteiger partial charge in [0, 0.05) is 23.9 Å². The molecule has 0 saturated heterocycles. The molecule has 0 bridgehead atoms. The number of carbonyl (C=O) groups excluding carboxylic acids is 1. The van der Waals surface area contributed by atoms with E-state index >= 15 is 0 Å². The maximum absolute atomic E-state index is 12.3. The average molecular weight is 484 g/mol. The number of hydrogen-bond donors (Lipinski definition) is 0. The lowest BCUT2D eigenvalue weighted by Crippen LogP contribution is -2.16. The number of esters is 1. The van der Waals surface area contributed by atoms with Gasteiger partial charge in [-0.1, -0.05) is 24.3 Å². The molecule has 1 aromatic carbocycles. The van der Waals surface area contributed by atoms with Crippen LogP contribution in [-0.2, 0) is 9.53 Å². The molecule has 182 valence electrons. The van der Waals surface area contributed by atoms with Crippen molar-refractivity contribution >= 4 is 18.1 Å². The van der Waals surface area contributed by atoms with E-state index in [0.29, 0.717) is 35.7 Å². The summed E-state index contributed by atoms with van der Waals surface area (Å²) in [6, 6.07) is 11.1. The van der Waals surface area contributed by atoms with E-state index in [1.165, 1.54) is 24.3 Å². The van der Waals surface area contributed by atoms with Crippen LogP contribution in [0.5, 0.6) is 11.5 Å². The van der Waals surface area contributed by atoms with Crippen LogP contribution in [0.15, 0.2) is 54.9 Å². The number of hydrogen-bond acceptors (Lipinski definition) is 6. The van der Waals surface area contributed by atoms with E-state index in [-0.39, 0.29) is 23.6 Å². The van der Waals surface area contributed by atoms with E-state index in [1.807, 2.05) is 18.2 Å². The smallest absolute Gasteiger partial charge is 0.495 e. The zero-order valence-corrected chi connectivity index (χ0v) is 19.1. The number of aromatic nitrogens is 2. The van der Waals surface area contributed by atoms with Crippen molar-refractivity contribution in [2.24, 2.45) is 5.92 Å². The van der Waals surface area contributed by atoms with Crippen LogP contribution < -0.4 is 9.47 Å². The van der Waals surface area contributed by atoms with E-state index in [1.54, 1.807) is 38.6 Å². The van der Waals surface area contributed by atoms with Crippen molar-refractivity contribution in [1.29, 1.82) is 0 Å². The van der Waals surface area contributed by atoms with Gasteiger partial charge in [-0.3, -0.25) is 9.78 Å². The van der Waals surface area contributed by atoms with Crippen LogP contribution in [0.3, 0.4) is 0 Å². The summed E-state index contributed by atoms with van der Waals surface area (Å²) >= 11 is 0. The monoisotopic (exact) mass is 484 g/mol. The summed E-state index contributed by atoms with van der Waals surface area (Å²) in [5.41, 5.74) is 3.66. The number of ether oxygens (including phenoxy) is 3. The number of halogens is 3. The van der Waals surface area contributed by atoms with Crippen LogP contribution in [-0.4, -0.2) is 36.0 Å². The molecule has 1 aliphatic rings. The van der Waals surface area contributed by atoms with E-state index in [0.717, 1.165) is 11.1 Å². The van der Waals surface area contributed by atoms with Crippen LogP contribution in [0, 0.1) is 5.92 Å². The highest BCUT2D eigenvalue weighted by molar-refractivity contribution is 5.78. The highest BCUT2D eigenvalue weighted by Gasteiger charge is 2.47. The molecule has 1 unspecified atom stereocenters. The zero-order valence-electron chi connectivity index (χ0n) is 19.1. The Morgan fingerprint density at radius 3 is 2.51 bits per heavy atom. The molecule has 0 amide bonds. The van der Waals surface area contributed by atoms with Crippen molar-refractivity contribution < 1.29 is 32.2 Å². The molecule has 3 aromatic rings. The Bertz CT molecular complexity index is 1230. The average Bonchev–Trinajstić information content (AvgIpc) is 3.64. The number of benzene rings is 1. The summed E-state index contributed by atoms with van der Waals surface area (Å²) < 4.78 is 51.4. The van der Waals surface area contributed by atoms with Crippen LogP contribution in [0.4, 0.5) is 13.2 Å². The molecule has 0 aliphatic heterocycles. The number of rotatable bonds is 8. The summed E-state index contributed by atoms with van der Waals surface area (Å²) in [5.74, 6) is -0.150. The lowest BCUT2D eigenvalue weighted by molar-refractivity contribution is -0.274. The molecule has 0 N–H and O–H groups in total. The third kappa shape index (κ3) is 6.17. The fraction of sp³-hybridized carbons (Fsp3) is 0.269. The molecule has 35 heavy (non-hydrogen) atoms. The first kappa shape index (κ1) is 24.3.